The maximum Gasteiger partial charge on any atom is 0.118 e. The Bertz CT molecular complexity index is 670. The summed E-state index contributed by atoms with van der Waals surface area (Å²) in [5.74, 6) is 0. The first-order valence-electron chi connectivity index (χ1n) is 6.92. The number of aliphatic hydroxyl groups excluding tert-OH is 1. The van der Waals surface area contributed by atoms with E-state index in [1.807, 2.05) is 31.2 Å². The molecule has 2 atom stereocenters. The van der Waals surface area contributed by atoms with Crippen LogP contribution >= 0.6 is 0 Å². The minimum Gasteiger partial charge on any atom is -0.385 e. The molecule has 20 heavy (non-hydrogen) atoms. The van der Waals surface area contributed by atoms with Gasteiger partial charge < -0.3 is 5.11 Å². The maximum absolute atomic E-state index is 10.8. The van der Waals surface area contributed by atoms with E-state index in [0.29, 0.717) is 18.7 Å². The molecule has 1 N–H and O–H groups in total. The standard InChI is InChI=1S/C16H17N3O/c1-2-19-14(8-10-18-19)15(20)16(11-17)9-7-12-5-3-4-6-13(12)16/h3-6,8,10,15,20H,2,7,9H2,1H3. The Labute approximate surface area is 118 Å². The number of rotatable bonds is 3. The minimum absolute atomic E-state index is 0.652. The molecule has 0 radical (unpaired) electrons. The van der Waals surface area contributed by atoms with Gasteiger partial charge in [0.05, 0.1) is 11.8 Å². The monoisotopic (exact) mass is 267 g/mol. The molecule has 4 nitrogen and oxygen atoms in total. The van der Waals surface area contributed by atoms with Crippen molar-refractivity contribution >= 4 is 0 Å². The van der Waals surface area contributed by atoms with Crippen molar-refractivity contribution in [1.82, 2.24) is 9.78 Å². The SMILES string of the molecule is CCn1nccc1C(O)C1(C#N)CCc2ccccc21. The molecule has 0 aliphatic heterocycles. The number of nitrogens with zero attached hydrogens (tertiary/aromatic N) is 3. The molecular weight excluding hydrogens is 250 g/mol. The van der Waals surface area contributed by atoms with Crippen LogP contribution in [0, 0.1) is 11.3 Å². The summed E-state index contributed by atoms with van der Waals surface area (Å²) in [6.45, 7) is 2.66. The highest BCUT2D eigenvalue weighted by Crippen LogP contribution is 2.46. The quantitative estimate of drug-likeness (QED) is 0.928. The van der Waals surface area contributed by atoms with Crippen molar-refractivity contribution in [1.29, 1.82) is 5.26 Å². The topological polar surface area (TPSA) is 61.8 Å². The van der Waals surface area contributed by atoms with Gasteiger partial charge in [0, 0.05) is 12.7 Å². The van der Waals surface area contributed by atoms with Gasteiger partial charge in [-0.2, -0.15) is 10.4 Å². The summed E-state index contributed by atoms with van der Waals surface area (Å²) in [5.41, 5.74) is 1.98. The molecule has 0 amide bonds. The Kier molecular flexibility index (Phi) is 3.07. The Hall–Kier alpha value is -2.12. The zero-order valence-electron chi connectivity index (χ0n) is 11.5. The number of benzene rings is 1. The van der Waals surface area contributed by atoms with Crippen LogP contribution in [-0.4, -0.2) is 14.9 Å². The molecule has 102 valence electrons. The number of aromatic nitrogens is 2. The van der Waals surface area contributed by atoms with E-state index in [-0.39, 0.29) is 0 Å². The minimum atomic E-state index is -0.858. The molecule has 1 aromatic heterocycles. The first kappa shape index (κ1) is 12.9. The second-order valence-corrected chi connectivity index (χ2v) is 5.21. The molecule has 2 aromatic rings. The van der Waals surface area contributed by atoms with Gasteiger partial charge in [0.15, 0.2) is 0 Å². The normalized spacial score (nSPS) is 22.2. The summed E-state index contributed by atoms with van der Waals surface area (Å²) in [6.07, 6.45) is 2.31. The number of nitriles is 1. The van der Waals surface area contributed by atoms with E-state index >= 15 is 0 Å². The highest BCUT2D eigenvalue weighted by atomic mass is 16.3. The molecule has 0 bridgehead atoms. The van der Waals surface area contributed by atoms with Crippen molar-refractivity contribution in [3.63, 3.8) is 0 Å². The Morgan fingerprint density at radius 2 is 2.25 bits per heavy atom. The molecule has 0 saturated heterocycles. The molecule has 1 aliphatic rings. The van der Waals surface area contributed by atoms with Gasteiger partial charge in [-0.3, -0.25) is 4.68 Å². The molecule has 0 fully saturated rings. The summed E-state index contributed by atoms with van der Waals surface area (Å²) >= 11 is 0. The van der Waals surface area contributed by atoms with Crippen LogP contribution in [0.3, 0.4) is 0 Å². The summed E-state index contributed by atoms with van der Waals surface area (Å²) in [7, 11) is 0. The highest BCUT2D eigenvalue weighted by Gasteiger charge is 2.46. The van der Waals surface area contributed by atoms with E-state index in [9.17, 15) is 10.4 Å². The predicted molar refractivity (Wildman–Crippen MR) is 74.9 cm³/mol. The average molecular weight is 267 g/mol. The lowest BCUT2D eigenvalue weighted by atomic mass is 9.77. The molecule has 1 aromatic carbocycles. The predicted octanol–water partition coefficient (Wildman–Crippen LogP) is 2.34. The van der Waals surface area contributed by atoms with Crippen LogP contribution in [0.25, 0.3) is 0 Å². The fourth-order valence-electron chi connectivity index (χ4n) is 3.19. The second-order valence-electron chi connectivity index (χ2n) is 5.21. The largest absolute Gasteiger partial charge is 0.385 e. The first-order chi connectivity index (χ1) is 9.73. The van der Waals surface area contributed by atoms with Gasteiger partial charge in [-0.25, -0.2) is 0 Å². The number of fused-ring (bicyclic) bond motifs is 1. The van der Waals surface area contributed by atoms with Crippen LogP contribution in [-0.2, 0) is 18.4 Å². The third-order valence-electron chi connectivity index (χ3n) is 4.28. The lowest BCUT2D eigenvalue weighted by molar-refractivity contribution is 0.101. The van der Waals surface area contributed by atoms with Crippen molar-refractivity contribution in [2.45, 2.75) is 37.8 Å². The van der Waals surface area contributed by atoms with Gasteiger partial charge in [0.2, 0.25) is 0 Å². The highest BCUT2D eigenvalue weighted by molar-refractivity contribution is 5.46. The van der Waals surface area contributed by atoms with E-state index in [0.717, 1.165) is 17.5 Å². The van der Waals surface area contributed by atoms with E-state index in [1.54, 1.807) is 16.9 Å². The van der Waals surface area contributed by atoms with Gasteiger partial charge in [0.1, 0.15) is 11.5 Å². The van der Waals surface area contributed by atoms with E-state index in [4.69, 9.17) is 0 Å². The van der Waals surface area contributed by atoms with E-state index < -0.39 is 11.5 Å². The zero-order valence-corrected chi connectivity index (χ0v) is 11.5. The number of hydrogen-bond donors (Lipinski definition) is 1. The summed E-state index contributed by atoms with van der Waals surface area (Å²) in [4.78, 5) is 0. The van der Waals surface area contributed by atoms with Crippen molar-refractivity contribution in [2.75, 3.05) is 0 Å². The summed E-state index contributed by atoms with van der Waals surface area (Å²) in [5, 5.41) is 24.8. The number of aliphatic hydroxyl groups is 1. The van der Waals surface area contributed by atoms with Gasteiger partial charge in [-0.1, -0.05) is 24.3 Å². The molecular formula is C16H17N3O. The van der Waals surface area contributed by atoms with Crippen molar-refractivity contribution < 1.29 is 5.11 Å². The fourth-order valence-corrected chi connectivity index (χ4v) is 3.19. The molecule has 4 heteroatoms. The van der Waals surface area contributed by atoms with Gasteiger partial charge in [-0.15, -0.1) is 0 Å². The molecule has 2 unspecified atom stereocenters. The Morgan fingerprint density at radius 1 is 1.45 bits per heavy atom. The van der Waals surface area contributed by atoms with Crippen LogP contribution in [0.1, 0.15) is 36.3 Å². The van der Waals surface area contributed by atoms with Gasteiger partial charge >= 0.3 is 0 Å². The Morgan fingerprint density at radius 3 is 3.00 bits per heavy atom. The van der Waals surface area contributed by atoms with Crippen LogP contribution in [0.15, 0.2) is 36.5 Å². The molecule has 1 heterocycles. The summed E-state index contributed by atoms with van der Waals surface area (Å²) < 4.78 is 1.75. The van der Waals surface area contributed by atoms with Crippen LogP contribution < -0.4 is 0 Å². The van der Waals surface area contributed by atoms with Crippen LogP contribution in [0.4, 0.5) is 0 Å². The van der Waals surface area contributed by atoms with Crippen LogP contribution in [0.5, 0.6) is 0 Å². The van der Waals surface area contributed by atoms with Crippen molar-refractivity contribution in [3.05, 3.63) is 53.3 Å². The fraction of sp³-hybridized carbons (Fsp3) is 0.375. The molecule has 0 spiro atoms. The second kappa shape index (κ2) is 4.77. The lowest BCUT2D eigenvalue weighted by Crippen LogP contribution is -2.31. The number of hydrogen-bond acceptors (Lipinski definition) is 3. The third kappa shape index (κ3) is 1.67. The molecule has 0 saturated carbocycles. The van der Waals surface area contributed by atoms with Gasteiger partial charge in [0.25, 0.3) is 0 Å². The van der Waals surface area contributed by atoms with Crippen molar-refractivity contribution in [3.8, 4) is 6.07 Å². The summed E-state index contributed by atoms with van der Waals surface area (Å²) in [6, 6.07) is 12.1. The lowest BCUT2D eigenvalue weighted by Gasteiger charge is -2.28. The molecule has 3 rings (SSSR count). The average Bonchev–Trinajstić information content (AvgIpc) is 3.11. The Balaban J connectivity index is 2.10. The smallest absolute Gasteiger partial charge is 0.118 e. The van der Waals surface area contributed by atoms with Crippen LogP contribution in [0.2, 0.25) is 0 Å². The van der Waals surface area contributed by atoms with E-state index in [1.165, 1.54) is 0 Å². The molecule has 1 aliphatic carbocycles. The van der Waals surface area contributed by atoms with E-state index in [2.05, 4.69) is 11.2 Å². The van der Waals surface area contributed by atoms with Crippen molar-refractivity contribution in [2.24, 2.45) is 0 Å². The third-order valence-corrected chi connectivity index (χ3v) is 4.28. The number of aryl methyl sites for hydroxylation is 2. The zero-order chi connectivity index (χ0) is 14.2. The maximum atomic E-state index is 10.8. The van der Waals surface area contributed by atoms with Gasteiger partial charge in [-0.05, 0) is 37.0 Å². The first-order valence-corrected chi connectivity index (χ1v) is 6.92.